The van der Waals surface area contributed by atoms with E-state index in [1.54, 1.807) is 0 Å². The normalized spacial score (nSPS) is 16.6. The predicted octanol–water partition coefficient (Wildman–Crippen LogP) is 3.36. The van der Waals surface area contributed by atoms with Crippen molar-refractivity contribution in [2.75, 3.05) is 19.8 Å². The summed E-state index contributed by atoms with van der Waals surface area (Å²) in [4.78, 5) is 0. The van der Waals surface area contributed by atoms with Crippen LogP contribution >= 0.6 is 0 Å². The summed E-state index contributed by atoms with van der Waals surface area (Å²) in [5, 5.41) is 0. The minimum absolute atomic E-state index is 0.203. The summed E-state index contributed by atoms with van der Waals surface area (Å²) in [7, 11) is 0. The van der Waals surface area contributed by atoms with Crippen LogP contribution in [-0.4, -0.2) is 19.8 Å². The largest absolute Gasteiger partial charge is 0.379 e. The topological polar surface area (TPSA) is 35.2 Å². The van der Waals surface area contributed by atoms with Crippen molar-refractivity contribution in [1.29, 1.82) is 0 Å². The van der Waals surface area contributed by atoms with Crippen molar-refractivity contribution in [1.82, 2.24) is 0 Å². The monoisotopic (exact) mass is 267 g/mol. The SMILES string of the molecule is NCCCC1(c2ccc(-c3ccccc3)cc2)COC1. The van der Waals surface area contributed by atoms with Gasteiger partial charge < -0.3 is 10.5 Å². The first-order valence-corrected chi connectivity index (χ1v) is 7.28. The highest BCUT2D eigenvalue weighted by Gasteiger charge is 2.39. The molecule has 1 fully saturated rings. The minimum atomic E-state index is 0.203. The Hall–Kier alpha value is -1.64. The van der Waals surface area contributed by atoms with Crippen LogP contribution in [0.5, 0.6) is 0 Å². The molecule has 0 aliphatic carbocycles. The quantitative estimate of drug-likeness (QED) is 0.901. The Morgan fingerprint density at radius 3 is 2.10 bits per heavy atom. The Morgan fingerprint density at radius 1 is 0.900 bits per heavy atom. The van der Waals surface area contributed by atoms with E-state index in [0.29, 0.717) is 0 Å². The highest BCUT2D eigenvalue weighted by atomic mass is 16.5. The second-order valence-electron chi connectivity index (χ2n) is 5.61. The molecule has 1 saturated heterocycles. The Bertz CT molecular complexity index is 543. The van der Waals surface area contributed by atoms with Gasteiger partial charge in [0.25, 0.3) is 0 Å². The van der Waals surface area contributed by atoms with E-state index < -0.39 is 0 Å². The van der Waals surface area contributed by atoms with Crippen LogP contribution in [0.25, 0.3) is 11.1 Å². The first kappa shape index (κ1) is 13.3. The van der Waals surface area contributed by atoms with Gasteiger partial charge in [-0.2, -0.15) is 0 Å². The summed E-state index contributed by atoms with van der Waals surface area (Å²) in [6, 6.07) is 19.4. The number of rotatable bonds is 5. The third kappa shape index (κ3) is 2.49. The molecule has 0 spiro atoms. The highest BCUT2D eigenvalue weighted by molar-refractivity contribution is 5.63. The molecule has 2 aromatic carbocycles. The van der Waals surface area contributed by atoms with Gasteiger partial charge in [-0.1, -0.05) is 54.6 Å². The fourth-order valence-corrected chi connectivity index (χ4v) is 2.89. The second kappa shape index (κ2) is 5.78. The first-order chi connectivity index (χ1) is 9.84. The van der Waals surface area contributed by atoms with Crippen molar-refractivity contribution >= 4 is 0 Å². The fourth-order valence-electron chi connectivity index (χ4n) is 2.89. The highest BCUT2D eigenvalue weighted by Crippen LogP contribution is 2.37. The van der Waals surface area contributed by atoms with Gasteiger partial charge in [0.15, 0.2) is 0 Å². The summed E-state index contributed by atoms with van der Waals surface area (Å²) in [5.41, 5.74) is 9.77. The van der Waals surface area contributed by atoms with E-state index in [-0.39, 0.29) is 5.41 Å². The second-order valence-corrected chi connectivity index (χ2v) is 5.61. The van der Waals surface area contributed by atoms with Crippen LogP contribution in [0.4, 0.5) is 0 Å². The third-order valence-corrected chi connectivity index (χ3v) is 4.22. The lowest BCUT2D eigenvalue weighted by atomic mass is 9.75. The molecule has 0 radical (unpaired) electrons. The summed E-state index contributed by atoms with van der Waals surface area (Å²) < 4.78 is 5.46. The van der Waals surface area contributed by atoms with Crippen molar-refractivity contribution in [3.63, 3.8) is 0 Å². The predicted molar refractivity (Wildman–Crippen MR) is 82.7 cm³/mol. The maximum absolute atomic E-state index is 5.65. The lowest BCUT2D eigenvalue weighted by Gasteiger charge is -2.42. The standard InChI is InChI=1S/C18H21NO/c19-12-4-11-18(13-20-14-18)17-9-7-16(8-10-17)15-5-2-1-3-6-15/h1-3,5-10H,4,11-14,19H2. The fraction of sp³-hybridized carbons (Fsp3) is 0.333. The van der Waals surface area contributed by atoms with Crippen LogP contribution in [0.15, 0.2) is 54.6 Å². The average molecular weight is 267 g/mol. The molecular weight excluding hydrogens is 246 g/mol. The Balaban J connectivity index is 1.82. The average Bonchev–Trinajstić information content (AvgIpc) is 2.48. The van der Waals surface area contributed by atoms with E-state index in [0.717, 1.165) is 32.6 Å². The summed E-state index contributed by atoms with van der Waals surface area (Å²) >= 11 is 0. The molecule has 0 saturated carbocycles. The lowest BCUT2D eigenvalue weighted by molar-refractivity contribution is -0.0649. The van der Waals surface area contributed by atoms with Gasteiger partial charge in [-0.25, -0.2) is 0 Å². The van der Waals surface area contributed by atoms with E-state index in [4.69, 9.17) is 10.5 Å². The molecule has 2 heteroatoms. The first-order valence-electron chi connectivity index (χ1n) is 7.28. The van der Waals surface area contributed by atoms with Gasteiger partial charge in [0.1, 0.15) is 0 Å². The van der Waals surface area contributed by atoms with Gasteiger partial charge in [0.05, 0.1) is 13.2 Å². The molecule has 0 unspecified atom stereocenters. The van der Waals surface area contributed by atoms with Crippen molar-refractivity contribution < 1.29 is 4.74 Å². The Kier molecular flexibility index (Phi) is 3.86. The zero-order valence-electron chi connectivity index (χ0n) is 11.7. The molecule has 3 rings (SSSR count). The van der Waals surface area contributed by atoms with Gasteiger partial charge >= 0.3 is 0 Å². The minimum Gasteiger partial charge on any atom is -0.379 e. The molecule has 2 nitrogen and oxygen atoms in total. The van der Waals surface area contributed by atoms with Gasteiger partial charge in [-0.3, -0.25) is 0 Å². The summed E-state index contributed by atoms with van der Waals surface area (Å²) in [6.07, 6.45) is 2.18. The van der Waals surface area contributed by atoms with E-state index >= 15 is 0 Å². The molecule has 2 N–H and O–H groups in total. The zero-order valence-corrected chi connectivity index (χ0v) is 11.7. The number of hydrogen-bond donors (Lipinski definition) is 1. The van der Waals surface area contributed by atoms with Crippen LogP contribution in [0.1, 0.15) is 18.4 Å². The van der Waals surface area contributed by atoms with E-state index in [1.807, 2.05) is 6.07 Å². The van der Waals surface area contributed by atoms with Crippen molar-refractivity contribution in [3.8, 4) is 11.1 Å². The zero-order chi connectivity index (χ0) is 13.8. The van der Waals surface area contributed by atoms with Gasteiger partial charge in [0, 0.05) is 5.41 Å². The molecular formula is C18H21NO. The Morgan fingerprint density at radius 2 is 1.55 bits per heavy atom. The molecule has 20 heavy (non-hydrogen) atoms. The number of hydrogen-bond acceptors (Lipinski definition) is 2. The van der Waals surface area contributed by atoms with E-state index in [1.165, 1.54) is 16.7 Å². The van der Waals surface area contributed by atoms with Crippen LogP contribution in [0.2, 0.25) is 0 Å². The number of benzene rings is 2. The molecule has 0 bridgehead atoms. The van der Waals surface area contributed by atoms with Crippen molar-refractivity contribution in [3.05, 3.63) is 60.2 Å². The maximum Gasteiger partial charge on any atom is 0.0585 e. The smallest absolute Gasteiger partial charge is 0.0585 e. The van der Waals surface area contributed by atoms with Gasteiger partial charge in [-0.15, -0.1) is 0 Å². The van der Waals surface area contributed by atoms with Crippen molar-refractivity contribution in [2.24, 2.45) is 5.73 Å². The summed E-state index contributed by atoms with van der Waals surface area (Å²) in [6.45, 7) is 2.42. The van der Waals surface area contributed by atoms with Gasteiger partial charge in [0.2, 0.25) is 0 Å². The number of ether oxygens (including phenoxy) is 1. The molecule has 104 valence electrons. The van der Waals surface area contributed by atoms with E-state index in [9.17, 15) is 0 Å². The van der Waals surface area contributed by atoms with Crippen LogP contribution in [0.3, 0.4) is 0 Å². The summed E-state index contributed by atoms with van der Waals surface area (Å²) in [5.74, 6) is 0. The molecule has 2 aromatic rings. The van der Waals surface area contributed by atoms with Crippen LogP contribution < -0.4 is 5.73 Å². The van der Waals surface area contributed by atoms with E-state index in [2.05, 4.69) is 48.5 Å². The lowest BCUT2D eigenvalue weighted by Crippen LogP contribution is -2.46. The van der Waals surface area contributed by atoms with Crippen molar-refractivity contribution in [2.45, 2.75) is 18.3 Å². The Labute approximate surface area is 120 Å². The molecule has 1 aliphatic rings. The molecule has 1 aliphatic heterocycles. The van der Waals surface area contributed by atoms with Gasteiger partial charge in [-0.05, 0) is 36.1 Å². The molecule has 0 amide bonds. The van der Waals surface area contributed by atoms with Crippen LogP contribution in [-0.2, 0) is 10.2 Å². The molecule has 1 heterocycles. The maximum atomic E-state index is 5.65. The third-order valence-electron chi connectivity index (χ3n) is 4.22. The number of nitrogens with two attached hydrogens (primary N) is 1. The van der Waals surface area contributed by atoms with Crippen LogP contribution in [0, 0.1) is 0 Å². The molecule has 0 atom stereocenters. The molecule has 0 aromatic heterocycles.